The molecule has 4 unspecified atom stereocenters. The van der Waals surface area contributed by atoms with Gasteiger partial charge >= 0.3 is 0 Å². The van der Waals surface area contributed by atoms with Gasteiger partial charge in [-0.1, -0.05) is 46.0 Å². The second-order valence-corrected chi connectivity index (χ2v) is 8.53. The predicted molar refractivity (Wildman–Crippen MR) is 86.7 cm³/mol. The van der Waals surface area contributed by atoms with E-state index in [0.717, 1.165) is 35.5 Å². The van der Waals surface area contributed by atoms with Crippen molar-refractivity contribution in [1.29, 1.82) is 0 Å². The molecule has 0 aromatic carbocycles. The molecule has 0 aromatic heterocycles. The minimum atomic E-state index is 0.793. The summed E-state index contributed by atoms with van der Waals surface area (Å²) in [6, 6.07) is 0. The van der Waals surface area contributed by atoms with Crippen LogP contribution < -0.4 is 5.32 Å². The Bertz CT molecular complexity index is 292. The van der Waals surface area contributed by atoms with Gasteiger partial charge in [0.2, 0.25) is 0 Å². The molecule has 116 valence electrons. The van der Waals surface area contributed by atoms with Crippen molar-refractivity contribution in [1.82, 2.24) is 5.32 Å². The summed E-state index contributed by atoms with van der Waals surface area (Å²) in [6.07, 6.45) is 13.9. The van der Waals surface area contributed by atoms with Crippen LogP contribution >= 0.6 is 0 Å². The van der Waals surface area contributed by atoms with Gasteiger partial charge < -0.3 is 5.32 Å². The van der Waals surface area contributed by atoms with Crippen LogP contribution in [0.2, 0.25) is 0 Å². The summed E-state index contributed by atoms with van der Waals surface area (Å²) in [6.45, 7) is 7.16. The first-order chi connectivity index (χ1) is 9.72. The lowest BCUT2D eigenvalue weighted by Crippen LogP contribution is -2.32. The van der Waals surface area contributed by atoms with E-state index in [1.165, 1.54) is 38.8 Å². The number of fused-ring (bicyclic) bond motifs is 2. The third kappa shape index (κ3) is 3.59. The van der Waals surface area contributed by atoms with Crippen LogP contribution in [-0.2, 0) is 0 Å². The Balaban J connectivity index is 1.51. The molecule has 3 aliphatic rings. The van der Waals surface area contributed by atoms with Gasteiger partial charge in [-0.3, -0.25) is 0 Å². The van der Waals surface area contributed by atoms with Crippen molar-refractivity contribution in [3.8, 4) is 0 Å². The van der Waals surface area contributed by atoms with Gasteiger partial charge in [0, 0.05) is 0 Å². The van der Waals surface area contributed by atoms with Crippen LogP contribution in [0.1, 0.15) is 71.6 Å². The standard InChI is InChI=1S/C19H35N/c1-14(2)12-20-13-19(16-5-3-4-6-16)11-18-10-15-7-8-17(18)9-15/h14-20H,3-13H2,1-2H3. The van der Waals surface area contributed by atoms with Crippen molar-refractivity contribution in [3.63, 3.8) is 0 Å². The lowest BCUT2D eigenvalue weighted by molar-refractivity contribution is 0.211. The summed E-state index contributed by atoms with van der Waals surface area (Å²) < 4.78 is 0. The van der Waals surface area contributed by atoms with Crippen LogP contribution in [-0.4, -0.2) is 13.1 Å². The molecular weight excluding hydrogens is 242 g/mol. The minimum absolute atomic E-state index is 0.793. The van der Waals surface area contributed by atoms with Gasteiger partial charge in [0.25, 0.3) is 0 Å². The molecule has 1 N–H and O–H groups in total. The summed E-state index contributed by atoms with van der Waals surface area (Å²) >= 11 is 0. The van der Waals surface area contributed by atoms with E-state index in [1.807, 2.05) is 0 Å². The van der Waals surface area contributed by atoms with Crippen molar-refractivity contribution in [2.45, 2.75) is 71.6 Å². The molecule has 0 heterocycles. The van der Waals surface area contributed by atoms with Gasteiger partial charge in [0.1, 0.15) is 0 Å². The maximum absolute atomic E-state index is 3.78. The van der Waals surface area contributed by atoms with Gasteiger partial charge in [0.05, 0.1) is 0 Å². The minimum Gasteiger partial charge on any atom is -0.316 e. The lowest BCUT2D eigenvalue weighted by Gasteiger charge is -2.31. The molecule has 3 saturated carbocycles. The van der Waals surface area contributed by atoms with Crippen LogP contribution in [0.4, 0.5) is 0 Å². The number of hydrogen-bond donors (Lipinski definition) is 1. The Morgan fingerprint density at radius 3 is 2.35 bits per heavy atom. The Kier molecular flexibility index (Phi) is 5.07. The molecule has 0 spiro atoms. The summed E-state index contributed by atoms with van der Waals surface area (Å²) in [5.41, 5.74) is 0. The topological polar surface area (TPSA) is 12.0 Å². The first-order valence-corrected chi connectivity index (χ1v) is 9.43. The van der Waals surface area contributed by atoms with Crippen LogP contribution in [0.25, 0.3) is 0 Å². The summed E-state index contributed by atoms with van der Waals surface area (Å²) in [5, 5.41) is 3.78. The number of nitrogens with one attached hydrogen (secondary N) is 1. The summed E-state index contributed by atoms with van der Waals surface area (Å²) in [7, 11) is 0. The highest BCUT2D eigenvalue weighted by atomic mass is 14.9. The third-order valence-electron chi connectivity index (χ3n) is 6.52. The Morgan fingerprint density at radius 1 is 0.950 bits per heavy atom. The van der Waals surface area contributed by atoms with E-state index in [2.05, 4.69) is 19.2 Å². The van der Waals surface area contributed by atoms with Gasteiger partial charge in [-0.15, -0.1) is 0 Å². The molecule has 0 saturated heterocycles. The van der Waals surface area contributed by atoms with E-state index < -0.39 is 0 Å². The SMILES string of the molecule is CC(C)CNCC(CC1CC2CCC1C2)C1CCCC1. The molecule has 4 atom stereocenters. The Labute approximate surface area is 126 Å². The van der Waals surface area contributed by atoms with Gasteiger partial charge in [-0.05, 0) is 74.3 Å². The van der Waals surface area contributed by atoms with E-state index in [0.29, 0.717) is 0 Å². The predicted octanol–water partition coefficient (Wildman–Crippen LogP) is 4.86. The molecule has 20 heavy (non-hydrogen) atoms. The highest BCUT2D eigenvalue weighted by molar-refractivity contribution is 4.92. The molecule has 1 heteroatoms. The van der Waals surface area contributed by atoms with E-state index in [1.54, 1.807) is 32.1 Å². The fourth-order valence-corrected chi connectivity index (χ4v) is 5.48. The second-order valence-electron chi connectivity index (χ2n) is 8.53. The van der Waals surface area contributed by atoms with E-state index >= 15 is 0 Å². The average molecular weight is 277 g/mol. The largest absolute Gasteiger partial charge is 0.316 e. The normalized spacial score (nSPS) is 35.2. The summed E-state index contributed by atoms with van der Waals surface area (Å²) in [4.78, 5) is 0. The molecule has 2 bridgehead atoms. The first-order valence-electron chi connectivity index (χ1n) is 9.43. The van der Waals surface area contributed by atoms with Crippen LogP contribution in [0.15, 0.2) is 0 Å². The molecule has 3 aliphatic carbocycles. The van der Waals surface area contributed by atoms with Crippen LogP contribution in [0.5, 0.6) is 0 Å². The molecular formula is C19H35N. The molecule has 0 amide bonds. The zero-order chi connectivity index (χ0) is 13.9. The lowest BCUT2D eigenvalue weighted by atomic mass is 9.77. The van der Waals surface area contributed by atoms with E-state index in [9.17, 15) is 0 Å². The van der Waals surface area contributed by atoms with Gasteiger partial charge in [0.15, 0.2) is 0 Å². The average Bonchev–Trinajstić information content (AvgIpc) is 3.14. The highest BCUT2D eigenvalue weighted by Gasteiger charge is 2.41. The molecule has 3 rings (SSSR count). The molecule has 1 nitrogen and oxygen atoms in total. The van der Waals surface area contributed by atoms with Crippen LogP contribution in [0.3, 0.4) is 0 Å². The molecule has 0 radical (unpaired) electrons. The highest BCUT2D eigenvalue weighted by Crippen LogP contribution is 2.51. The fourth-order valence-electron chi connectivity index (χ4n) is 5.48. The number of hydrogen-bond acceptors (Lipinski definition) is 1. The Hall–Kier alpha value is -0.0400. The van der Waals surface area contributed by atoms with Crippen molar-refractivity contribution in [3.05, 3.63) is 0 Å². The molecule has 0 aromatic rings. The third-order valence-corrected chi connectivity index (χ3v) is 6.52. The first kappa shape index (κ1) is 14.9. The van der Waals surface area contributed by atoms with E-state index in [4.69, 9.17) is 0 Å². The smallest absolute Gasteiger partial charge is 0.00177 e. The van der Waals surface area contributed by atoms with Gasteiger partial charge in [-0.25, -0.2) is 0 Å². The maximum atomic E-state index is 3.78. The van der Waals surface area contributed by atoms with Gasteiger partial charge in [-0.2, -0.15) is 0 Å². The quantitative estimate of drug-likeness (QED) is 0.700. The monoisotopic (exact) mass is 277 g/mol. The summed E-state index contributed by atoms with van der Waals surface area (Å²) in [5.74, 6) is 6.17. The zero-order valence-corrected chi connectivity index (χ0v) is 13.7. The van der Waals surface area contributed by atoms with E-state index in [-0.39, 0.29) is 0 Å². The Morgan fingerprint density at radius 2 is 1.75 bits per heavy atom. The zero-order valence-electron chi connectivity index (χ0n) is 13.7. The second kappa shape index (κ2) is 6.81. The molecule has 3 fully saturated rings. The molecule has 0 aliphatic heterocycles. The van der Waals surface area contributed by atoms with Crippen molar-refractivity contribution < 1.29 is 0 Å². The van der Waals surface area contributed by atoms with Crippen molar-refractivity contribution >= 4 is 0 Å². The van der Waals surface area contributed by atoms with Crippen molar-refractivity contribution in [2.75, 3.05) is 13.1 Å². The van der Waals surface area contributed by atoms with Crippen LogP contribution in [0, 0.1) is 35.5 Å². The van der Waals surface area contributed by atoms with Crippen molar-refractivity contribution in [2.24, 2.45) is 35.5 Å². The maximum Gasteiger partial charge on any atom is -0.00177 e. The fraction of sp³-hybridized carbons (Fsp3) is 1.00. The number of rotatable bonds is 7.